The summed E-state index contributed by atoms with van der Waals surface area (Å²) in [5, 5.41) is 12.6. The van der Waals surface area contributed by atoms with Gasteiger partial charge in [0.25, 0.3) is 5.91 Å². The zero-order chi connectivity index (χ0) is 13.0. The van der Waals surface area contributed by atoms with E-state index in [1.165, 1.54) is 4.90 Å². The van der Waals surface area contributed by atoms with Crippen LogP contribution in [0, 0.1) is 0 Å². The number of aromatic nitrogens is 1. The van der Waals surface area contributed by atoms with E-state index in [-0.39, 0.29) is 5.91 Å². The Morgan fingerprint density at radius 1 is 1.61 bits per heavy atom. The van der Waals surface area contributed by atoms with Gasteiger partial charge in [0.05, 0.1) is 5.88 Å². The van der Waals surface area contributed by atoms with E-state index in [0.29, 0.717) is 18.8 Å². The number of nitrogens with zero attached hydrogens (tertiary/aromatic N) is 2. The molecule has 1 atom stereocenters. The number of carbonyl (C=O) groups excluding carboxylic acids is 1. The molecule has 1 aliphatic heterocycles. The number of hydrogen-bond acceptors (Lipinski definition) is 6. The molecule has 2 heterocycles. The Bertz CT molecular complexity index is 431. The molecule has 2 rings (SSSR count). The summed E-state index contributed by atoms with van der Waals surface area (Å²) in [6.45, 7) is 0.524. The van der Waals surface area contributed by atoms with E-state index in [1.54, 1.807) is 27.7 Å². The number of anilines is 2. The standard InChI is InChI=1S/C11H15N3O2S2/c1-17-18-7-12-9-3-2-4-10(13-9)14-6-5-8(15)11(14)16/h2-4,8,15H,5-7H2,1H3,(H,12,13). The fourth-order valence-electron chi connectivity index (χ4n) is 1.73. The molecule has 1 aliphatic rings. The van der Waals surface area contributed by atoms with Crippen molar-refractivity contribution in [3.05, 3.63) is 18.2 Å². The molecule has 1 amide bonds. The van der Waals surface area contributed by atoms with E-state index in [0.717, 1.165) is 11.7 Å². The Balaban J connectivity index is 2.05. The largest absolute Gasteiger partial charge is 0.383 e. The highest BCUT2D eigenvalue weighted by Crippen LogP contribution is 2.22. The average molecular weight is 285 g/mol. The molecule has 5 nitrogen and oxygen atoms in total. The summed E-state index contributed by atoms with van der Waals surface area (Å²) >= 11 is 0. The molecule has 2 N–H and O–H groups in total. The van der Waals surface area contributed by atoms with Gasteiger partial charge in [-0.05, 0) is 18.4 Å². The lowest BCUT2D eigenvalue weighted by Crippen LogP contribution is -2.29. The fraction of sp³-hybridized carbons (Fsp3) is 0.455. The molecule has 1 unspecified atom stereocenters. The Morgan fingerprint density at radius 2 is 2.44 bits per heavy atom. The highest BCUT2D eigenvalue weighted by molar-refractivity contribution is 8.76. The predicted octanol–water partition coefficient (Wildman–Crippen LogP) is 1.56. The van der Waals surface area contributed by atoms with Gasteiger partial charge in [-0.2, -0.15) is 0 Å². The van der Waals surface area contributed by atoms with Gasteiger partial charge < -0.3 is 10.4 Å². The molecule has 98 valence electrons. The van der Waals surface area contributed by atoms with Crippen LogP contribution in [-0.2, 0) is 4.79 Å². The van der Waals surface area contributed by atoms with Crippen LogP contribution in [0.25, 0.3) is 0 Å². The van der Waals surface area contributed by atoms with Gasteiger partial charge in [0.2, 0.25) is 0 Å². The molecule has 0 spiro atoms. The number of aliphatic hydroxyl groups excluding tert-OH is 1. The zero-order valence-electron chi connectivity index (χ0n) is 10.00. The molecular weight excluding hydrogens is 270 g/mol. The minimum absolute atomic E-state index is 0.266. The van der Waals surface area contributed by atoms with E-state index in [4.69, 9.17) is 0 Å². The molecular formula is C11H15N3O2S2. The number of amides is 1. The third-order valence-corrected chi connectivity index (χ3v) is 4.18. The first-order valence-electron chi connectivity index (χ1n) is 5.58. The van der Waals surface area contributed by atoms with Crippen LogP contribution in [0.15, 0.2) is 18.2 Å². The van der Waals surface area contributed by atoms with Gasteiger partial charge in [-0.25, -0.2) is 4.98 Å². The Hall–Kier alpha value is -0.920. The SMILES string of the molecule is CSSCNc1cccc(N2CCC(O)C2=O)n1. The first-order chi connectivity index (χ1) is 8.72. The molecule has 0 saturated carbocycles. The summed E-state index contributed by atoms with van der Waals surface area (Å²) in [5.74, 6) is 1.82. The van der Waals surface area contributed by atoms with Crippen LogP contribution in [0.2, 0.25) is 0 Å². The van der Waals surface area contributed by atoms with Crippen molar-refractivity contribution < 1.29 is 9.90 Å². The molecule has 1 saturated heterocycles. The third-order valence-electron chi connectivity index (χ3n) is 2.62. The second kappa shape index (κ2) is 6.31. The van der Waals surface area contributed by atoms with Gasteiger partial charge in [0, 0.05) is 13.0 Å². The molecule has 7 heteroatoms. The molecule has 0 aliphatic carbocycles. The first-order valence-corrected chi connectivity index (χ1v) is 8.31. The summed E-state index contributed by atoms with van der Waals surface area (Å²) in [7, 11) is 3.37. The van der Waals surface area contributed by atoms with Crippen molar-refractivity contribution >= 4 is 39.1 Å². The summed E-state index contributed by atoms with van der Waals surface area (Å²) in [5.41, 5.74) is 0. The fourth-order valence-corrected chi connectivity index (χ4v) is 2.58. The van der Waals surface area contributed by atoms with E-state index < -0.39 is 6.10 Å². The monoisotopic (exact) mass is 285 g/mol. The maximum atomic E-state index is 11.7. The number of rotatable bonds is 5. The van der Waals surface area contributed by atoms with Gasteiger partial charge in [-0.15, -0.1) is 0 Å². The molecule has 1 fully saturated rings. The highest BCUT2D eigenvalue weighted by atomic mass is 33.1. The second-order valence-corrected chi connectivity index (χ2v) is 6.35. The van der Waals surface area contributed by atoms with Crippen LogP contribution >= 0.6 is 21.6 Å². The van der Waals surface area contributed by atoms with Gasteiger partial charge in [0.15, 0.2) is 0 Å². The lowest BCUT2D eigenvalue weighted by molar-refractivity contribution is -0.124. The number of nitrogens with one attached hydrogen (secondary N) is 1. The average Bonchev–Trinajstić information content (AvgIpc) is 2.71. The van der Waals surface area contributed by atoms with Crippen LogP contribution in [0.3, 0.4) is 0 Å². The van der Waals surface area contributed by atoms with Gasteiger partial charge in [0.1, 0.15) is 17.7 Å². The normalized spacial score (nSPS) is 19.3. The van der Waals surface area contributed by atoms with Crippen molar-refractivity contribution in [3.8, 4) is 0 Å². The molecule has 0 radical (unpaired) electrons. The van der Waals surface area contributed by atoms with Gasteiger partial charge in [-0.1, -0.05) is 27.7 Å². The summed E-state index contributed by atoms with van der Waals surface area (Å²) in [6.07, 6.45) is 1.61. The van der Waals surface area contributed by atoms with Crippen molar-refractivity contribution in [2.45, 2.75) is 12.5 Å². The number of pyridine rings is 1. The third kappa shape index (κ3) is 3.09. The van der Waals surface area contributed by atoms with E-state index in [1.807, 2.05) is 18.4 Å². The minimum Gasteiger partial charge on any atom is -0.383 e. The van der Waals surface area contributed by atoms with E-state index in [2.05, 4.69) is 10.3 Å². The number of hydrogen-bond donors (Lipinski definition) is 2. The zero-order valence-corrected chi connectivity index (χ0v) is 11.6. The van der Waals surface area contributed by atoms with Crippen LogP contribution in [0.4, 0.5) is 11.6 Å². The second-order valence-electron chi connectivity index (χ2n) is 3.78. The molecule has 0 aromatic carbocycles. The van der Waals surface area contributed by atoms with Crippen LogP contribution in [-0.4, -0.2) is 40.8 Å². The summed E-state index contributed by atoms with van der Waals surface area (Å²) in [6, 6.07) is 5.50. The summed E-state index contributed by atoms with van der Waals surface area (Å²) in [4.78, 5) is 17.6. The van der Waals surface area contributed by atoms with E-state index >= 15 is 0 Å². The molecule has 18 heavy (non-hydrogen) atoms. The van der Waals surface area contributed by atoms with E-state index in [9.17, 15) is 9.90 Å². The van der Waals surface area contributed by atoms with Crippen LogP contribution < -0.4 is 10.2 Å². The van der Waals surface area contributed by atoms with Crippen molar-refractivity contribution in [2.24, 2.45) is 0 Å². The van der Waals surface area contributed by atoms with Crippen molar-refractivity contribution in [1.29, 1.82) is 0 Å². The highest BCUT2D eigenvalue weighted by Gasteiger charge is 2.31. The van der Waals surface area contributed by atoms with Crippen molar-refractivity contribution in [1.82, 2.24) is 4.98 Å². The predicted molar refractivity (Wildman–Crippen MR) is 76.8 cm³/mol. The lowest BCUT2D eigenvalue weighted by Gasteiger charge is -2.15. The Kier molecular flexibility index (Phi) is 4.73. The van der Waals surface area contributed by atoms with Gasteiger partial charge >= 0.3 is 0 Å². The quantitative estimate of drug-likeness (QED) is 0.486. The number of aliphatic hydroxyl groups is 1. The summed E-state index contributed by atoms with van der Waals surface area (Å²) < 4.78 is 0. The van der Waals surface area contributed by atoms with Crippen molar-refractivity contribution in [2.75, 3.05) is 28.9 Å². The molecule has 1 aromatic rings. The lowest BCUT2D eigenvalue weighted by atomic mass is 10.3. The molecule has 0 bridgehead atoms. The maximum Gasteiger partial charge on any atom is 0.257 e. The Labute approximate surface area is 114 Å². The smallest absolute Gasteiger partial charge is 0.257 e. The maximum absolute atomic E-state index is 11.7. The number of carbonyl (C=O) groups is 1. The Morgan fingerprint density at radius 3 is 3.11 bits per heavy atom. The minimum atomic E-state index is -0.879. The van der Waals surface area contributed by atoms with Crippen molar-refractivity contribution in [3.63, 3.8) is 0 Å². The molecule has 1 aromatic heterocycles. The first kappa shape index (κ1) is 13.5. The van der Waals surface area contributed by atoms with Gasteiger partial charge in [-0.3, -0.25) is 9.69 Å². The van der Waals surface area contributed by atoms with Crippen LogP contribution in [0.5, 0.6) is 0 Å². The topological polar surface area (TPSA) is 65.5 Å². The van der Waals surface area contributed by atoms with Crippen LogP contribution in [0.1, 0.15) is 6.42 Å².